The van der Waals surface area contributed by atoms with Crippen molar-refractivity contribution in [3.05, 3.63) is 16.1 Å². The van der Waals surface area contributed by atoms with Crippen LogP contribution >= 0.6 is 11.3 Å². The third kappa shape index (κ3) is 5.25. The second-order valence-corrected chi connectivity index (χ2v) is 4.61. The SMILES string of the molecule is Cc1ncsc1CNCCCCCCO. The molecule has 0 aliphatic rings. The Balaban J connectivity index is 1.96. The van der Waals surface area contributed by atoms with Crippen molar-refractivity contribution in [1.82, 2.24) is 10.3 Å². The molecule has 1 aromatic rings. The second-order valence-electron chi connectivity index (χ2n) is 3.68. The predicted octanol–water partition coefficient (Wildman–Crippen LogP) is 2.09. The van der Waals surface area contributed by atoms with Crippen molar-refractivity contribution in [2.75, 3.05) is 13.2 Å². The van der Waals surface area contributed by atoms with E-state index in [1.807, 2.05) is 5.51 Å². The van der Waals surface area contributed by atoms with Gasteiger partial charge in [-0.25, -0.2) is 4.98 Å². The summed E-state index contributed by atoms with van der Waals surface area (Å²) in [7, 11) is 0. The van der Waals surface area contributed by atoms with Crippen molar-refractivity contribution in [2.45, 2.75) is 39.2 Å². The van der Waals surface area contributed by atoms with Gasteiger partial charge in [0.2, 0.25) is 0 Å². The van der Waals surface area contributed by atoms with Crippen LogP contribution in [0.3, 0.4) is 0 Å². The molecule has 4 heteroatoms. The molecule has 1 rings (SSSR count). The lowest BCUT2D eigenvalue weighted by Gasteiger charge is -2.03. The first-order chi connectivity index (χ1) is 7.34. The van der Waals surface area contributed by atoms with Gasteiger partial charge < -0.3 is 10.4 Å². The van der Waals surface area contributed by atoms with E-state index < -0.39 is 0 Å². The zero-order chi connectivity index (χ0) is 10.9. The van der Waals surface area contributed by atoms with Crippen LogP contribution in [0.1, 0.15) is 36.3 Å². The highest BCUT2D eigenvalue weighted by Gasteiger charge is 1.99. The van der Waals surface area contributed by atoms with Crippen LogP contribution < -0.4 is 5.32 Å². The molecule has 0 saturated heterocycles. The van der Waals surface area contributed by atoms with Gasteiger partial charge in [-0.1, -0.05) is 12.8 Å². The summed E-state index contributed by atoms with van der Waals surface area (Å²) in [6, 6.07) is 0. The fraction of sp³-hybridized carbons (Fsp3) is 0.727. The normalized spacial score (nSPS) is 10.8. The van der Waals surface area contributed by atoms with Crippen molar-refractivity contribution in [1.29, 1.82) is 0 Å². The number of nitrogens with zero attached hydrogens (tertiary/aromatic N) is 1. The van der Waals surface area contributed by atoms with E-state index in [-0.39, 0.29) is 0 Å². The number of nitrogens with one attached hydrogen (secondary N) is 1. The van der Waals surface area contributed by atoms with Crippen LogP contribution in [0.4, 0.5) is 0 Å². The molecule has 0 fully saturated rings. The molecular formula is C11H20N2OS. The number of hydrogen-bond donors (Lipinski definition) is 2. The van der Waals surface area contributed by atoms with E-state index in [1.165, 1.54) is 17.7 Å². The molecule has 0 bridgehead atoms. The Morgan fingerprint density at radius 2 is 2.13 bits per heavy atom. The summed E-state index contributed by atoms with van der Waals surface area (Å²) >= 11 is 1.71. The molecule has 1 aromatic heterocycles. The highest BCUT2D eigenvalue weighted by atomic mass is 32.1. The monoisotopic (exact) mass is 228 g/mol. The van der Waals surface area contributed by atoms with Crippen molar-refractivity contribution >= 4 is 11.3 Å². The zero-order valence-corrected chi connectivity index (χ0v) is 10.1. The van der Waals surface area contributed by atoms with Crippen LogP contribution in [0, 0.1) is 6.92 Å². The molecule has 0 radical (unpaired) electrons. The standard InChI is InChI=1S/C11H20N2OS/c1-10-11(15-9-13-10)8-12-6-4-2-3-5-7-14/h9,12,14H,2-8H2,1H3. The summed E-state index contributed by atoms with van der Waals surface area (Å²) in [5, 5.41) is 12.0. The predicted molar refractivity (Wildman–Crippen MR) is 64.1 cm³/mol. The number of aliphatic hydroxyl groups is 1. The van der Waals surface area contributed by atoms with E-state index in [1.54, 1.807) is 11.3 Å². The highest BCUT2D eigenvalue weighted by Crippen LogP contribution is 2.11. The van der Waals surface area contributed by atoms with Crippen LogP contribution in [0.5, 0.6) is 0 Å². The number of rotatable bonds is 8. The van der Waals surface area contributed by atoms with Gasteiger partial charge in [-0.2, -0.15) is 0 Å². The molecule has 0 aliphatic carbocycles. The van der Waals surface area contributed by atoms with Crippen molar-refractivity contribution in [3.63, 3.8) is 0 Å². The lowest BCUT2D eigenvalue weighted by Crippen LogP contribution is -2.14. The number of thiazole rings is 1. The number of aliphatic hydroxyl groups excluding tert-OH is 1. The van der Waals surface area contributed by atoms with Crippen LogP contribution in [-0.2, 0) is 6.54 Å². The van der Waals surface area contributed by atoms with Gasteiger partial charge in [-0.3, -0.25) is 0 Å². The fourth-order valence-corrected chi connectivity index (χ4v) is 2.16. The van der Waals surface area contributed by atoms with Crippen molar-refractivity contribution in [3.8, 4) is 0 Å². The lowest BCUT2D eigenvalue weighted by atomic mass is 10.2. The summed E-state index contributed by atoms with van der Waals surface area (Å²) in [6.07, 6.45) is 4.47. The van der Waals surface area contributed by atoms with E-state index in [4.69, 9.17) is 5.11 Å². The lowest BCUT2D eigenvalue weighted by molar-refractivity contribution is 0.282. The third-order valence-corrected chi connectivity index (χ3v) is 3.33. The summed E-state index contributed by atoms with van der Waals surface area (Å²) in [4.78, 5) is 5.55. The Labute approximate surface area is 95.6 Å². The van der Waals surface area contributed by atoms with Crippen LogP contribution in [0.15, 0.2) is 5.51 Å². The average Bonchev–Trinajstić information content (AvgIpc) is 2.63. The minimum Gasteiger partial charge on any atom is -0.396 e. The Hall–Kier alpha value is -0.450. The minimum atomic E-state index is 0.327. The molecule has 3 nitrogen and oxygen atoms in total. The molecule has 1 heterocycles. The second kappa shape index (κ2) is 7.79. The molecule has 0 amide bonds. The molecule has 86 valence electrons. The Morgan fingerprint density at radius 3 is 2.80 bits per heavy atom. The van der Waals surface area contributed by atoms with E-state index in [9.17, 15) is 0 Å². The summed E-state index contributed by atoms with van der Waals surface area (Å²) in [6.45, 7) is 4.38. The Morgan fingerprint density at radius 1 is 1.33 bits per heavy atom. The smallest absolute Gasteiger partial charge is 0.0798 e. The summed E-state index contributed by atoms with van der Waals surface area (Å²) < 4.78 is 0. The van der Waals surface area contributed by atoms with Gasteiger partial charge in [0.05, 0.1) is 11.2 Å². The molecule has 0 aliphatic heterocycles. The summed E-state index contributed by atoms with van der Waals surface area (Å²) in [5.74, 6) is 0. The van der Waals surface area contributed by atoms with E-state index in [2.05, 4.69) is 17.2 Å². The fourth-order valence-electron chi connectivity index (χ4n) is 1.41. The first-order valence-corrected chi connectivity index (χ1v) is 6.43. The number of hydrogen-bond acceptors (Lipinski definition) is 4. The molecular weight excluding hydrogens is 208 g/mol. The maximum Gasteiger partial charge on any atom is 0.0798 e. The van der Waals surface area contributed by atoms with Crippen LogP contribution in [-0.4, -0.2) is 23.2 Å². The van der Waals surface area contributed by atoms with Gasteiger partial charge in [0.1, 0.15) is 0 Å². The zero-order valence-electron chi connectivity index (χ0n) is 9.33. The molecule has 15 heavy (non-hydrogen) atoms. The number of unbranched alkanes of at least 4 members (excludes halogenated alkanes) is 3. The molecule has 0 unspecified atom stereocenters. The molecule has 0 spiro atoms. The van der Waals surface area contributed by atoms with Gasteiger partial charge in [-0.05, 0) is 26.3 Å². The van der Waals surface area contributed by atoms with Gasteiger partial charge >= 0.3 is 0 Å². The molecule has 0 saturated carbocycles. The minimum absolute atomic E-state index is 0.327. The largest absolute Gasteiger partial charge is 0.396 e. The van der Waals surface area contributed by atoms with Crippen LogP contribution in [0.25, 0.3) is 0 Å². The van der Waals surface area contributed by atoms with Gasteiger partial charge in [-0.15, -0.1) is 11.3 Å². The number of aromatic nitrogens is 1. The van der Waals surface area contributed by atoms with E-state index >= 15 is 0 Å². The van der Waals surface area contributed by atoms with Crippen LogP contribution in [0.2, 0.25) is 0 Å². The first kappa shape index (κ1) is 12.6. The van der Waals surface area contributed by atoms with E-state index in [0.29, 0.717) is 6.61 Å². The Kier molecular flexibility index (Phi) is 6.55. The van der Waals surface area contributed by atoms with E-state index in [0.717, 1.165) is 31.6 Å². The van der Waals surface area contributed by atoms with Gasteiger partial charge in [0.15, 0.2) is 0 Å². The molecule has 2 N–H and O–H groups in total. The maximum atomic E-state index is 8.60. The van der Waals surface area contributed by atoms with Crippen molar-refractivity contribution in [2.24, 2.45) is 0 Å². The average molecular weight is 228 g/mol. The first-order valence-electron chi connectivity index (χ1n) is 5.55. The van der Waals surface area contributed by atoms with Gasteiger partial charge in [0.25, 0.3) is 0 Å². The topological polar surface area (TPSA) is 45.2 Å². The molecule has 0 aromatic carbocycles. The van der Waals surface area contributed by atoms with Gasteiger partial charge in [0, 0.05) is 18.0 Å². The van der Waals surface area contributed by atoms with Crippen molar-refractivity contribution < 1.29 is 5.11 Å². The highest BCUT2D eigenvalue weighted by molar-refractivity contribution is 7.09. The molecule has 0 atom stereocenters. The summed E-state index contributed by atoms with van der Waals surface area (Å²) in [5.41, 5.74) is 3.04. The maximum absolute atomic E-state index is 8.60. The Bertz CT molecular complexity index is 263. The quantitative estimate of drug-likeness (QED) is 0.670. The number of aryl methyl sites for hydroxylation is 1. The third-order valence-electron chi connectivity index (χ3n) is 2.39.